The summed E-state index contributed by atoms with van der Waals surface area (Å²) in [7, 11) is 3.06. The third kappa shape index (κ3) is 3.80. The Kier molecular flexibility index (Phi) is 5.26. The summed E-state index contributed by atoms with van der Waals surface area (Å²) < 4.78 is 4.79. The van der Waals surface area contributed by atoms with Gasteiger partial charge in [0.2, 0.25) is 5.82 Å². The summed E-state index contributed by atoms with van der Waals surface area (Å²) in [4.78, 5) is 15.7. The Bertz CT molecular complexity index is 430. The van der Waals surface area contributed by atoms with Crippen LogP contribution in [0.5, 0.6) is 0 Å². The molecule has 0 aliphatic carbocycles. The third-order valence-corrected chi connectivity index (χ3v) is 2.42. The highest BCUT2D eigenvalue weighted by atomic mass is 35.5. The first-order valence-corrected chi connectivity index (χ1v) is 5.51. The number of hydrogen-bond acceptors (Lipinski definition) is 6. The molecule has 0 radical (unpaired) electrons. The van der Waals surface area contributed by atoms with Crippen LogP contribution in [0, 0.1) is 10.1 Å². The topological polar surface area (TPSA) is 88.7 Å². The molecule has 0 amide bonds. The van der Waals surface area contributed by atoms with Gasteiger partial charge in [0.1, 0.15) is 0 Å². The van der Waals surface area contributed by atoms with E-state index in [9.17, 15) is 15.2 Å². The van der Waals surface area contributed by atoms with Crippen molar-refractivity contribution in [2.24, 2.45) is 0 Å². The van der Waals surface area contributed by atoms with Gasteiger partial charge in [0.25, 0.3) is 0 Å². The van der Waals surface area contributed by atoms with Crippen molar-refractivity contribution in [2.75, 3.05) is 32.2 Å². The zero-order valence-electron chi connectivity index (χ0n) is 10.0. The summed E-state index contributed by atoms with van der Waals surface area (Å²) in [6, 6.07) is 1.23. The maximum absolute atomic E-state index is 10.9. The van der Waals surface area contributed by atoms with Crippen LogP contribution in [0.4, 0.5) is 11.5 Å². The summed E-state index contributed by atoms with van der Waals surface area (Å²) in [5.74, 6) is 0.152. The monoisotopic (exact) mass is 275 g/mol. The van der Waals surface area contributed by atoms with Gasteiger partial charge in [-0.3, -0.25) is 10.1 Å². The minimum absolute atomic E-state index is 0.145. The number of methoxy groups -OCH3 is 1. The van der Waals surface area contributed by atoms with Crippen molar-refractivity contribution in [2.45, 2.75) is 6.10 Å². The number of hydrogen-bond donors (Lipinski definition) is 1. The molecule has 1 aromatic rings. The molecule has 7 nitrogen and oxygen atoms in total. The van der Waals surface area contributed by atoms with Crippen molar-refractivity contribution in [1.29, 1.82) is 0 Å². The smallest absolute Gasteiger partial charge is 0.313 e. The zero-order valence-corrected chi connectivity index (χ0v) is 10.8. The Balaban J connectivity index is 2.91. The van der Waals surface area contributed by atoms with E-state index in [2.05, 4.69) is 4.98 Å². The van der Waals surface area contributed by atoms with Gasteiger partial charge in [-0.1, -0.05) is 11.6 Å². The molecular weight excluding hydrogens is 262 g/mol. The molecule has 1 heterocycles. The molecule has 1 unspecified atom stereocenters. The van der Waals surface area contributed by atoms with Gasteiger partial charge in [-0.25, -0.2) is 4.98 Å². The largest absolute Gasteiger partial charge is 0.389 e. The predicted octanol–water partition coefficient (Wildman–Crippen LogP) is 1.09. The summed E-state index contributed by atoms with van der Waals surface area (Å²) in [5.41, 5.74) is -0.199. The maximum atomic E-state index is 10.9. The molecule has 0 saturated heterocycles. The second-order valence-electron chi connectivity index (χ2n) is 3.74. The van der Waals surface area contributed by atoms with Crippen molar-refractivity contribution < 1.29 is 14.8 Å². The van der Waals surface area contributed by atoms with Crippen LogP contribution >= 0.6 is 11.6 Å². The van der Waals surface area contributed by atoms with Gasteiger partial charge in [0.15, 0.2) is 0 Å². The normalized spacial score (nSPS) is 12.2. The SMILES string of the molecule is COCC(O)CN(C)c1ncc(Cl)cc1[N+](=O)[O-]. The molecule has 8 heteroatoms. The Labute approximate surface area is 109 Å². The van der Waals surface area contributed by atoms with Gasteiger partial charge in [-0.2, -0.15) is 0 Å². The lowest BCUT2D eigenvalue weighted by Crippen LogP contribution is -2.32. The number of ether oxygens (including phenoxy) is 1. The molecule has 0 aromatic carbocycles. The van der Waals surface area contributed by atoms with E-state index >= 15 is 0 Å². The standard InChI is InChI=1S/C10H14ClN3O4/c1-13(5-8(15)6-18-2)10-9(14(16)17)3-7(11)4-12-10/h3-4,8,15H,5-6H2,1-2H3. The molecule has 18 heavy (non-hydrogen) atoms. The third-order valence-electron chi connectivity index (χ3n) is 2.22. The number of pyridine rings is 1. The fraction of sp³-hybridized carbons (Fsp3) is 0.500. The highest BCUT2D eigenvalue weighted by Crippen LogP contribution is 2.27. The fourth-order valence-electron chi connectivity index (χ4n) is 1.50. The van der Waals surface area contributed by atoms with E-state index < -0.39 is 11.0 Å². The molecule has 1 rings (SSSR count). The Morgan fingerprint density at radius 1 is 1.72 bits per heavy atom. The van der Waals surface area contributed by atoms with Crippen LogP contribution in [-0.4, -0.2) is 48.4 Å². The van der Waals surface area contributed by atoms with Gasteiger partial charge >= 0.3 is 5.69 Å². The second-order valence-corrected chi connectivity index (χ2v) is 4.18. The minimum atomic E-state index is -0.753. The first kappa shape index (κ1) is 14.6. The molecule has 0 aliphatic heterocycles. The van der Waals surface area contributed by atoms with E-state index in [-0.39, 0.29) is 29.7 Å². The number of aliphatic hydroxyl groups excluding tert-OH is 1. The minimum Gasteiger partial charge on any atom is -0.389 e. The second kappa shape index (κ2) is 6.48. The zero-order chi connectivity index (χ0) is 13.7. The number of halogens is 1. The number of aliphatic hydroxyl groups is 1. The Hall–Kier alpha value is -1.44. The average Bonchev–Trinajstić information content (AvgIpc) is 2.28. The molecule has 0 fully saturated rings. The molecular formula is C10H14ClN3O4. The van der Waals surface area contributed by atoms with Gasteiger partial charge in [-0.05, 0) is 0 Å². The van der Waals surface area contributed by atoms with E-state index in [1.54, 1.807) is 7.05 Å². The summed E-state index contributed by atoms with van der Waals surface area (Å²) in [6.07, 6.45) is 0.570. The van der Waals surface area contributed by atoms with Gasteiger partial charge in [0.05, 0.1) is 22.7 Å². The van der Waals surface area contributed by atoms with E-state index in [0.29, 0.717) is 0 Å². The molecule has 0 aliphatic rings. The first-order chi connectivity index (χ1) is 8.45. The fourth-order valence-corrected chi connectivity index (χ4v) is 1.65. The number of nitrogens with zero attached hydrogens (tertiary/aromatic N) is 3. The van der Waals surface area contributed by atoms with Gasteiger partial charge in [-0.15, -0.1) is 0 Å². The summed E-state index contributed by atoms with van der Waals surface area (Å²) in [6.45, 7) is 0.315. The number of anilines is 1. The highest BCUT2D eigenvalue weighted by molar-refractivity contribution is 6.30. The molecule has 1 atom stereocenters. The number of nitro groups is 1. The van der Waals surface area contributed by atoms with Crippen molar-refractivity contribution in [3.8, 4) is 0 Å². The van der Waals surface area contributed by atoms with E-state index in [1.165, 1.54) is 24.3 Å². The van der Waals surface area contributed by atoms with Crippen molar-refractivity contribution in [1.82, 2.24) is 4.98 Å². The Morgan fingerprint density at radius 2 is 2.39 bits per heavy atom. The molecule has 0 saturated carbocycles. The predicted molar refractivity (Wildman–Crippen MR) is 67.1 cm³/mol. The van der Waals surface area contributed by atoms with Crippen molar-refractivity contribution in [3.63, 3.8) is 0 Å². The van der Waals surface area contributed by atoms with Crippen LogP contribution < -0.4 is 4.90 Å². The quantitative estimate of drug-likeness (QED) is 0.617. The molecule has 0 bridgehead atoms. The van der Waals surface area contributed by atoms with E-state index in [1.807, 2.05) is 0 Å². The number of rotatable bonds is 6. The van der Waals surface area contributed by atoms with E-state index in [0.717, 1.165) is 0 Å². The first-order valence-electron chi connectivity index (χ1n) is 5.13. The molecule has 1 N–H and O–H groups in total. The van der Waals surface area contributed by atoms with Gasteiger partial charge in [0, 0.05) is 33.0 Å². The average molecular weight is 276 g/mol. The lowest BCUT2D eigenvalue weighted by Gasteiger charge is -2.21. The lowest BCUT2D eigenvalue weighted by atomic mass is 10.3. The van der Waals surface area contributed by atoms with Crippen molar-refractivity contribution in [3.05, 3.63) is 27.4 Å². The number of aromatic nitrogens is 1. The van der Waals surface area contributed by atoms with Gasteiger partial charge < -0.3 is 14.7 Å². The molecule has 100 valence electrons. The van der Waals surface area contributed by atoms with Crippen LogP contribution in [0.15, 0.2) is 12.3 Å². The van der Waals surface area contributed by atoms with Crippen LogP contribution in [0.1, 0.15) is 0 Å². The van der Waals surface area contributed by atoms with Crippen LogP contribution in [-0.2, 0) is 4.74 Å². The van der Waals surface area contributed by atoms with Crippen LogP contribution in [0.3, 0.4) is 0 Å². The maximum Gasteiger partial charge on any atom is 0.313 e. The molecule has 1 aromatic heterocycles. The lowest BCUT2D eigenvalue weighted by molar-refractivity contribution is -0.384. The molecule has 0 spiro atoms. The number of likely N-dealkylation sites (N-methyl/N-ethyl adjacent to an activating group) is 1. The summed E-state index contributed by atoms with van der Waals surface area (Å²) in [5, 5.41) is 20.6. The van der Waals surface area contributed by atoms with Crippen molar-refractivity contribution >= 4 is 23.1 Å². The van der Waals surface area contributed by atoms with E-state index in [4.69, 9.17) is 16.3 Å². The van der Waals surface area contributed by atoms with Crippen LogP contribution in [0.25, 0.3) is 0 Å². The Morgan fingerprint density at radius 3 is 2.94 bits per heavy atom. The van der Waals surface area contributed by atoms with Crippen LogP contribution in [0.2, 0.25) is 5.02 Å². The highest BCUT2D eigenvalue weighted by Gasteiger charge is 2.21. The summed E-state index contributed by atoms with van der Waals surface area (Å²) >= 11 is 5.67.